The van der Waals surface area contributed by atoms with Crippen molar-refractivity contribution in [2.24, 2.45) is 0 Å². The van der Waals surface area contributed by atoms with Crippen LogP contribution in [0.2, 0.25) is 0 Å². The van der Waals surface area contributed by atoms with Crippen molar-refractivity contribution in [1.82, 2.24) is 5.32 Å². The highest BCUT2D eigenvalue weighted by atomic mass is 14.9. The Kier molecular flexibility index (Phi) is 16.3. The van der Waals surface area contributed by atoms with Crippen LogP contribution in [-0.2, 0) is 0 Å². The molecule has 21 heavy (non-hydrogen) atoms. The zero-order valence-corrected chi connectivity index (χ0v) is 15.6. The molecule has 0 aliphatic rings. The van der Waals surface area contributed by atoms with E-state index in [4.69, 9.17) is 0 Å². The van der Waals surface area contributed by atoms with Crippen LogP contribution in [0.3, 0.4) is 0 Å². The molecule has 0 aromatic heterocycles. The van der Waals surface area contributed by atoms with Gasteiger partial charge < -0.3 is 5.32 Å². The molecule has 0 aromatic rings. The van der Waals surface area contributed by atoms with Crippen molar-refractivity contribution in [2.75, 3.05) is 0 Å². The molecule has 0 radical (unpaired) electrons. The maximum absolute atomic E-state index is 4.04. The third-order valence-electron chi connectivity index (χ3n) is 4.60. The van der Waals surface area contributed by atoms with Gasteiger partial charge in [-0.25, -0.2) is 0 Å². The summed E-state index contributed by atoms with van der Waals surface area (Å²) in [5.41, 5.74) is 0. The second-order valence-electron chi connectivity index (χ2n) is 6.84. The van der Waals surface area contributed by atoms with Gasteiger partial charge in [0, 0.05) is 12.1 Å². The summed E-state index contributed by atoms with van der Waals surface area (Å²) in [5.74, 6) is 0. The van der Waals surface area contributed by atoms with Gasteiger partial charge >= 0.3 is 0 Å². The van der Waals surface area contributed by atoms with Gasteiger partial charge in [0.15, 0.2) is 0 Å². The summed E-state index contributed by atoms with van der Waals surface area (Å²) in [6, 6.07) is 1.56. The molecule has 0 aliphatic carbocycles. The first-order valence-electron chi connectivity index (χ1n) is 10.0. The monoisotopic (exact) mass is 297 g/mol. The number of unbranched alkanes of at least 4 members (excludes halogenated alkanes) is 6. The van der Waals surface area contributed by atoms with Crippen molar-refractivity contribution in [2.45, 2.75) is 130 Å². The molecule has 0 heterocycles. The van der Waals surface area contributed by atoms with E-state index in [0.29, 0.717) is 0 Å². The first-order valence-corrected chi connectivity index (χ1v) is 10.0. The number of rotatable bonds is 16. The molecule has 0 bridgehead atoms. The van der Waals surface area contributed by atoms with E-state index in [2.05, 4.69) is 33.0 Å². The Morgan fingerprint density at radius 2 is 0.810 bits per heavy atom. The Morgan fingerprint density at radius 3 is 1.14 bits per heavy atom. The summed E-state index contributed by atoms with van der Waals surface area (Å²) >= 11 is 0. The molecule has 0 fully saturated rings. The second kappa shape index (κ2) is 16.3. The zero-order chi connectivity index (χ0) is 15.8. The van der Waals surface area contributed by atoms with Gasteiger partial charge in [-0.2, -0.15) is 0 Å². The van der Waals surface area contributed by atoms with Crippen LogP contribution in [0.4, 0.5) is 0 Å². The highest BCUT2D eigenvalue weighted by Crippen LogP contribution is 2.15. The van der Waals surface area contributed by atoms with E-state index < -0.39 is 0 Å². The minimum Gasteiger partial charge on any atom is -0.311 e. The molecule has 0 rings (SSSR count). The molecule has 0 aromatic carbocycles. The SMILES string of the molecule is CCCCCC(CCCC)NC(CCCC)CCCCC. The lowest BCUT2D eigenvalue weighted by Crippen LogP contribution is -2.38. The molecule has 1 heteroatoms. The van der Waals surface area contributed by atoms with Crippen molar-refractivity contribution in [3.05, 3.63) is 0 Å². The smallest absolute Gasteiger partial charge is 0.00696 e. The molecule has 2 atom stereocenters. The second-order valence-corrected chi connectivity index (χ2v) is 6.84. The molecule has 1 N–H and O–H groups in total. The lowest BCUT2D eigenvalue weighted by atomic mass is 9.98. The summed E-state index contributed by atoms with van der Waals surface area (Å²) < 4.78 is 0. The maximum Gasteiger partial charge on any atom is 0.00696 e. The van der Waals surface area contributed by atoms with Crippen LogP contribution in [-0.4, -0.2) is 12.1 Å². The fourth-order valence-electron chi connectivity index (χ4n) is 3.14. The first-order chi connectivity index (χ1) is 10.3. The molecule has 0 amide bonds. The van der Waals surface area contributed by atoms with Crippen LogP contribution in [0.1, 0.15) is 118 Å². The quantitative estimate of drug-likeness (QED) is 0.307. The Morgan fingerprint density at radius 1 is 0.476 bits per heavy atom. The molecule has 2 unspecified atom stereocenters. The van der Waals surface area contributed by atoms with Crippen LogP contribution >= 0.6 is 0 Å². The molecule has 128 valence electrons. The van der Waals surface area contributed by atoms with Gasteiger partial charge in [-0.15, -0.1) is 0 Å². The Balaban J connectivity index is 4.22. The lowest BCUT2D eigenvalue weighted by molar-refractivity contribution is 0.335. The minimum atomic E-state index is 0.778. The molecular weight excluding hydrogens is 254 g/mol. The highest BCUT2D eigenvalue weighted by Gasteiger charge is 2.14. The maximum atomic E-state index is 4.04. The normalized spacial score (nSPS) is 14.3. The summed E-state index contributed by atoms with van der Waals surface area (Å²) in [7, 11) is 0. The predicted molar refractivity (Wildman–Crippen MR) is 98.0 cm³/mol. The number of hydrogen-bond donors (Lipinski definition) is 1. The third-order valence-corrected chi connectivity index (χ3v) is 4.60. The number of nitrogens with one attached hydrogen (secondary N) is 1. The average Bonchev–Trinajstić information content (AvgIpc) is 2.50. The van der Waals surface area contributed by atoms with Crippen molar-refractivity contribution < 1.29 is 0 Å². The fraction of sp³-hybridized carbons (Fsp3) is 1.00. The number of hydrogen-bond acceptors (Lipinski definition) is 1. The topological polar surface area (TPSA) is 12.0 Å². The third kappa shape index (κ3) is 13.4. The molecule has 0 saturated heterocycles. The summed E-state index contributed by atoms with van der Waals surface area (Å²) in [5, 5.41) is 4.04. The van der Waals surface area contributed by atoms with Crippen LogP contribution in [0, 0.1) is 0 Å². The molecule has 1 nitrogen and oxygen atoms in total. The van der Waals surface area contributed by atoms with Gasteiger partial charge in [-0.05, 0) is 25.7 Å². The Bertz CT molecular complexity index is 170. The summed E-state index contributed by atoms with van der Waals surface area (Å²) in [6.07, 6.45) is 19.3. The van der Waals surface area contributed by atoms with Crippen molar-refractivity contribution in [1.29, 1.82) is 0 Å². The average molecular weight is 298 g/mol. The van der Waals surface area contributed by atoms with Gasteiger partial charge in [0.2, 0.25) is 0 Å². The van der Waals surface area contributed by atoms with E-state index in [-0.39, 0.29) is 0 Å². The van der Waals surface area contributed by atoms with Gasteiger partial charge in [-0.3, -0.25) is 0 Å². The van der Waals surface area contributed by atoms with Crippen LogP contribution in [0.15, 0.2) is 0 Å². The van der Waals surface area contributed by atoms with E-state index >= 15 is 0 Å². The van der Waals surface area contributed by atoms with Gasteiger partial charge in [0.25, 0.3) is 0 Å². The van der Waals surface area contributed by atoms with E-state index in [1.54, 1.807) is 0 Å². The Labute approximate surface area is 135 Å². The van der Waals surface area contributed by atoms with Crippen LogP contribution in [0.25, 0.3) is 0 Å². The molecule has 0 spiro atoms. The van der Waals surface area contributed by atoms with E-state index in [1.807, 2.05) is 0 Å². The van der Waals surface area contributed by atoms with E-state index in [1.165, 1.54) is 89.9 Å². The van der Waals surface area contributed by atoms with Gasteiger partial charge in [0.1, 0.15) is 0 Å². The van der Waals surface area contributed by atoms with Gasteiger partial charge in [-0.1, -0.05) is 91.9 Å². The largest absolute Gasteiger partial charge is 0.311 e. The van der Waals surface area contributed by atoms with Crippen molar-refractivity contribution >= 4 is 0 Å². The highest BCUT2D eigenvalue weighted by molar-refractivity contribution is 4.75. The standard InChI is InChI=1S/C20H43N/c1-5-9-13-17-19(15-11-7-3)21-20(16-12-8-4)18-14-10-6-2/h19-21H,5-18H2,1-4H3. The van der Waals surface area contributed by atoms with E-state index in [0.717, 1.165) is 12.1 Å². The van der Waals surface area contributed by atoms with E-state index in [9.17, 15) is 0 Å². The lowest BCUT2D eigenvalue weighted by Gasteiger charge is -2.26. The summed E-state index contributed by atoms with van der Waals surface area (Å²) in [6.45, 7) is 9.25. The fourth-order valence-corrected chi connectivity index (χ4v) is 3.14. The molecule has 0 saturated carbocycles. The minimum absolute atomic E-state index is 0.778. The Hall–Kier alpha value is -0.0400. The zero-order valence-electron chi connectivity index (χ0n) is 15.6. The summed E-state index contributed by atoms with van der Waals surface area (Å²) in [4.78, 5) is 0. The van der Waals surface area contributed by atoms with Crippen LogP contribution < -0.4 is 5.32 Å². The van der Waals surface area contributed by atoms with Crippen molar-refractivity contribution in [3.8, 4) is 0 Å². The first kappa shape index (κ1) is 21.0. The van der Waals surface area contributed by atoms with Crippen LogP contribution in [0.5, 0.6) is 0 Å². The molecular formula is C20H43N. The van der Waals surface area contributed by atoms with Crippen molar-refractivity contribution in [3.63, 3.8) is 0 Å². The van der Waals surface area contributed by atoms with Gasteiger partial charge in [0.05, 0.1) is 0 Å². The molecule has 0 aliphatic heterocycles. The predicted octanol–water partition coefficient (Wildman–Crippen LogP) is 6.85.